The maximum Gasteiger partial charge on any atom is 0.161 e. The first kappa shape index (κ1) is 10.7. The summed E-state index contributed by atoms with van der Waals surface area (Å²) in [5.74, 6) is 0.817. The van der Waals surface area contributed by atoms with Gasteiger partial charge in [-0.15, -0.1) is 0 Å². The SMILES string of the molecule is Clc1ccc(OCCC2OCCO2)cc1. The zero-order chi connectivity index (χ0) is 10.5. The summed E-state index contributed by atoms with van der Waals surface area (Å²) in [6.07, 6.45) is 0.653. The molecule has 0 saturated carbocycles. The van der Waals surface area contributed by atoms with Crippen molar-refractivity contribution >= 4 is 11.6 Å². The van der Waals surface area contributed by atoms with Crippen molar-refractivity contribution in [3.63, 3.8) is 0 Å². The Morgan fingerprint density at radius 1 is 1.20 bits per heavy atom. The quantitative estimate of drug-likeness (QED) is 0.793. The van der Waals surface area contributed by atoms with E-state index in [1.54, 1.807) is 12.1 Å². The Labute approximate surface area is 93.9 Å². The molecule has 82 valence electrons. The molecular formula is C11H13ClO3. The van der Waals surface area contributed by atoms with Gasteiger partial charge in [0.25, 0.3) is 0 Å². The van der Waals surface area contributed by atoms with E-state index in [9.17, 15) is 0 Å². The fraction of sp³-hybridized carbons (Fsp3) is 0.455. The minimum absolute atomic E-state index is 0.0997. The third-order valence-electron chi connectivity index (χ3n) is 2.13. The van der Waals surface area contributed by atoms with Crippen molar-refractivity contribution in [2.24, 2.45) is 0 Å². The van der Waals surface area contributed by atoms with Crippen LogP contribution in [0.4, 0.5) is 0 Å². The Morgan fingerprint density at radius 2 is 1.87 bits per heavy atom. The average Bonchev–Trinajstić information content (AvgIpc) is 2.74. The Hall–Kier alpha value is -0.770. The van der Waals surface area contributed by atoms with E-state index in [4.69, 9.17) is 25.8 Å². The molecule has 1 aromatic carbocycles. The van der Waals surface area contributed by atoms with Crippen molar-refractivity contribution in [1.29, 1.82) is 0 Å². The first-order valence-corrected chi connectivity index (χ1v) is 5.34. The summed E-state index contributed by atoms with van der Waals surface area (Å²) >= 11 is 5.75. The summed E-state index contributed by atoms with van der Waals surface area (Å²) in [4.78, 5) is 0. The zero-order valence-corrected chi connectivity index (χ0v) is 9.07. The van der Waals surface area contributed by atoms with Gasteiger partial charge in [-0.1, -0.05) is 11.6 Å². The summed E-state index contributed by atoms with van der Waals surface area (Å²) in [5, 5.41) is 0.713. The van der Waals surface area contributed by atoms with Crippen LogP contribution in [0, 0.1) is 0 Å². The monoisotopic (exact) mass is 228 g/mol. The van der Waals surface area contributed by atoms with Crippen molar-refractivity contribution in [1.82, 2.24) is 0 Å². The molecule has 0 aromatic heterocycles. The zero-order valence-electron chi connectivity index (χ0n) is 8.32. The second-order valence-electron chi connectivity index (χ2n) is 3.26. The van der Waals surface area contributed by atoms with Gasteiger partial charge < -0.3 is 14.2 Å². The first-order chi connectivity index (χ1) is 7.34. The minimum Gasteiger partial charge on any atom is -0.493 e. The van der Waals surface area contributed by atoms with Crippen LogP contribution in [-0.2, 0) is 9.47 Å². The Bertz CT molecular complexity index is 293. The molecule has 0 radical (unpaired) electrons. The van der Waals surface area contributed by atoms with Gasteiger partial charge in [-0.05, 0) is 24.3 Å². The fourth-order valence-electron chi connectivity index (χ4n) is 1.38. The highest BCUT2D eigenvalue weighted by molar-refractivity contribution is 6.30. The van der Waals surface area contributed by atoms with E-state index in [-0.39, 0.29) is 6.29 Å². The van der Waals surface area contributed by atoms with Gasteiger partial charge in [0.05, 0.1) is 19.8 Å². The maximum absolute atomic E-state index is 5.75. The minimum atomic E-state index is -0.0997. The summed E-state index contributed by atoms with van der Waals surface area (Å²) in [7, 11) is 0. The van der Waals surface area contributed by atoms with Crippen LogP contribution in [0.15, 0.2) is 24.3 Å². The smallest absolute Gasteiger partial charge is 0.161 e. The van der Waals surface area contributed by atoms with Gasteiger partial charge in [-0.2, -0.15) is 0 Å². The van der Waals surface area contributed by atoms with Crippen LogP contribution in [0.5, 0.6) is 5.75 Å². The van der Waals surface area contributed by atoms with Crippen LogP contribution in [0.1, 0.15) is 6.42 Å². The standard InChI is InChI=1S/C11H13ClO3/c12-9-1-3-10(4-2-9)13-6-5-11-14-7-8-15-11/h1-4,11H,5-8H2. The van der Waals surface area contributed by atoms with Crippen LogP contribution >= 0.6 is 11.6 Å². The average molecular weight is 229 g/mol. The van der Waals surface area contributed by atoms with E-state index in [0.717, 1.165) is 12.2 Å². The summed E-state index contributed by atoms with van der Waals surface area (Å²) in [5.41, 5.74) is 0. The molecule has 0 atom stereocenters. The van der Waals surface area contributed by atoms with E-state index in [0.29, 0.717) is 24.8 Å². The number of benzene rings is 1. The van der Waals surface area contributed by atoms with Crippen molar-refractivity contribution in [2.45, 2.75) is 12.7 Å². The molecule has 1 aliphatic rings. The highest BCUT2D eigenvalue weighted by Crippen LogP contribution is 2.16. The third-order valence-corrected chi connectivity index (χ3v) is 2.38. The van der Waals surface area contributed by atoms with Crippen molar-refractivity contribution in [2.75, 3.05) is 19.8 Å². The molecule has 2 rings (SSSR count). The number of halogens is 1. The highest BCUT2D eigenvalue weighted by atomic mass is 35.5. The molecule has 15 heavy (non-hydrogen) atoms. The number of hydrogen-bond donors (Lipinski definition) is 0. The molecule has 0 bridgehead atoms. The maximum atomic E-state index is 5.75. The number of hydrogen-bond acceptors (Lipinski definition) is 3. The van der Waals surface area contributed by atoms with E-state index in [2.05, 4.69) is 0 Å². The lowest BCUT2D eigenvalue weighted by Crippen LogP contribution is -2.12. The Morgan fingerprint density at radius 3 is 2.53 bits per heavy atom. The molecule has 0 aliphatic carbocycles. The van der Waals surface area contributed by atoms with Crippen molar-refractivity contribution in [3.05, 3.63) is 29.3 Å². The number of ether oxygens (including phenoxy) is 3. The fourth-order valence-corrected chi connectivity index (χ4v) is 1.50. The molecule has 0 spiro atoms. The van der Waals surface area contributed by atoms with Gasteiger partial charge in [0, 0.05) is 11.4 Å². The van der Waals surface area contributed by atoms with Crippen LogP contribution in [0.25, 0.3) is 0 Å². The van der Waals surface area contributed by atoms with Gasteiger partial charge in [-0.3, -0.25) is 0 Å². The summed E-state index contributed by atoms with van der Waals surface area (Å²) in [6, 6.07) is 7.30. The lowest BCUT2D eigenvalue weighted by atomic mass is 10.3. The normalized spacial score (nSPS) is 16.9. The molecule has 1 saturated heterocycles. The summed E-state index contributed by atoms with van der Waals surface area (Å²) in [6.45, 7) is 1.96. The van der Waals surface area contributed by atoms with E-state index in [1.807, 2.05) is 12.1 Å². The summed E-state index contributed by atoms with van der Waals surface area (Å²) < 4.78 is 16.1. The van der Waals surface area contributed by atoms with Gasteiger partial charge in [-0.25, -0.2) is 0 Å². The first-order valence-electron chi connectivity index (χ1n) is 4.96. The largest absolute Gasteiger partial charge is 0.493 e. The van der Waals surface area contributed by atoms with Gasteiger partial charge in [0.2, 0.25) is 0 Å². The second-order valence-corrected chi connectivity index (χ2v) is 3.70. The highest BCUT2D eigenvalue weighted by Gasteiger charge is 2.15. The Balaban J connectivity index is 1.71. The van der Waals surface area contributed by atoms with Crippen LogP contribution in [0.2, 0.25) is 5.02 Å². The van der Waals surface area contributed by atoms with Crippen LogP contribution < -0.4 is 4.74 Å². The molecule has 0 unspecified atom stereocenters. The van der Waals surface area contributed by atoms with Gasteiger partial charge >= 0.3 is 0 Å². The van der Waals surface area contributed by atoms with E-state index in [1.165, 1.54) is 0 Å². The molecule has 4 heteroatoms. The molecule has 1 fully saturated rings. The van der Waals surface area contributed by atoms with Gasteiger partial charge in [0.15, 0.2) is 6.29 Å². The Kier molecular flexibility index (Phi) is 3.83. The molecule has 0 amide bonds. The van der Waals surface area contributed by atoms with E-state index < -0.39 is 0 Å². The second kappa shape index (κ2) is 5.35. The van der Waals surface area contributed by atoms with Crippen molar-refractivity contribution in [3.8, 4) is 5.75 Å². The molecule has 1 aliphatic heterocycles. The molecule has 1 heterocycles. The van der Waals surface area contributed by atoms with Crippen LogP contribution in [-0.4, -0.2) is 26.1 Å². The third kappa shape index (κ3) is 3.38. The topological polar surface area (TPSA) is 27.7 Å². The molecule has 1 aromatic rings. The molecule has 0 N–H and O–H groups in total. The van der Waals surface area contributed by atoms with E-state index >= 15 is 0 Å². The van der Waals surface area contributed by atoms with Crippen LogP contribution in [0.3, 0.4) is 0 Å². The number of rotatable bonds is 4. The molecular weight excluding hydrogens is 216 g/mol. The molecule has 3 nitrogen and oxygen atoms in total. The van der Waals surface area contributed by atoms with Crippen molar-refractivity contribution < 1.29 is 14.2 Å². The van der Waals surface area contributed by atoms with Gasteiger partial charge in [0.1, 0.15) is 5.75 Å². The predicted octanol–water partition coefficient (Wildman–Crippen LogP) is 2.48. The predicted molar refractivity (Wildman–Crippen MR) is 57.3 cm³/mol. The lowest BCUT2D eigenvalue weighted by Gasteiger charge is -2.10. The lowest BCUT2D eigenvalue weighted by molar-refractivity contribution is -0.0531.